The van der Waals surface area contributed by atoms with E-state index in [1.807, 2.05) is 24.5 Å². The van der Waals surface area contributed by atoms with E-state index in [1.165, 1.54) is 0 Å². The number of hydrogen-bond acceptors (Lipinski definition) is 5. The number of thioether (sulfide) groups is 1. The summed E-state index contributed by atoms with van der Waals surface area (Å²) < 4.78 is 5.65. The van der Waals surface area contributed by atoms with Crippen LogP contribution in [0.3, 0.4) is 0 Å². The number of hydrogen-bond donors (Lipinski definition) is 2. The zero-order chi connectivity index (χ0) is 17.4. The van der Waals surface area contributed by atoms with Gasteiger partial charge in [0.15, 0.2) is 0 Å². The van der Waals surface area contributed by atoms with E-state index in [0.717, 1.165) is 11.4 Å². The van der Waals surface area contributed by atoms with Crippen LogP contribution in [0.2, 0.25) is 5.02 Å². The van der Waals surface area contributed by atoms with Gasteiger partial charge in [-0.05, 0) is 48.8 Å². The van der Waals surface area contributed by atoms with Gasteiger partial charge < -0.3 is 15.8 Å². The smallest absolute Gasteiger partial charge is 0.241 e. The molecule has 0 aliphatic rings. The molecule has 2 aromatic rings. The van der Waals surface area contributed by atoms with Gasteiger partial charge in [0.25, 0.3) is 0 Å². The van der Waals surface area contributed by atoms with Crippen LogP contribution < -0.4 is 15.8 Å². The first-order valence-corrected chi connectivity index (χ1v) is 9.25. The first-order valence-electron chi connectivity index (χ1n) is 7.48. The molecular formula is C17H21Cl2N3O2S. The van der Waals surface area contributed by atoms with Gasteiger partial charge in [-0.1, -0.05) is 17.7 Å². The summed E-state index contributed by atoms with van der Waals surface area (Å²) in [6, 6.07) is 10.2. The van der Waals surface area contributed by atoms with Gasteiger partial charge in [0.05, 0.1) is 16.8 Å². The molecule has 0 spiro atoms. The fourth-order valence-electron chi connectivity index (χ4n) is 1.94. The number of carbonyl (C=O) groups is 1. The number of halogens is 2. The van der Waals surface area contributed by atoms with Crippen molar-refractivity contribution in [3.63, 3.8) is 0 Å². The Kier molecular flexibility index (Phi) is 9.67. The SMILES string of the molecule is CSCC[C@H](N)C(=O)Nc1ccc(OCc2ccccn2)c(Cl)c1.Cl. The molecule has 0 bridgehead atoms. The van der Waals surface area contributed by atoms with Gasteiger partial charge in [-0.2, -0.15) is 11.8 Å². The Morgan fingerprint density at radius 3 is 2.84 bits per heavy atom. The Hall–Kier alpha value is -1.47. The minimum atomic E-state index is -0.531. The van der Waals surface area contributed by atoms with Crippen LogP contribution in [-0.2, 0) is 11.4 Å². The average Bonchev–Trinajstić information content (AvgIpc) is 2.59. The van der Waals surface area contributed by atoms with Crippen molar-refractivity contribution in [1.82, 2.24) is 4.98 Å². The molecule has 8 heteroatoms. The molecule has 0 fully saturated rings. The molecule has 0 saturated carbocycles. The van der Waals surface area contributed by atoms with Crippen LogP contribution in [0.25, 0.3) is 0 Å². The lowest BCUT2D eigenvalue weighted by molar-refractivity contribution is -0.117. The number of nitrogens with zero attached hydrogens (tertiary/aromatic N) is 1. The number of pyridine rings is 1. The van der Waals surface area contributed by atoms with E-state index in [4.69, 9.17) is 22.1 Å². The summed E-state index contributed by atoms with van der Waals surface area (Å²) >= 11 is 7.87. The molecule has 136 valence electrons. The zero-order valence-corrected chi connectivity index (χ0v) is 16.2. The van der Waals surface area contributed by atoms with E-state index < -0.39 is 6.04 Å². The molecule has 1 atom stereocenters. The highest BCUT2D eigenvalue weighted by molar-refractivity contribution is 7.98. The largest absolute Gasteiger partial charge is 0.486 e. The molecule has 25 heavy (non-hydrogen) atoms. The second-order valence-electron chi connectivity index (χ2n) is 5.13. The molecule has 1 aromatic heterocycles. The van der Waals surface area contributed by atoms with Crippen molar-refractivity contribution in [3.8, 4) is 5.75 Å². The summed E-state index contributed by atoms with van der Waals surface area (Å²) in [5.41, 5.74) is 7.24. The van der Waals surface area contributed by atoms with Crippen molar-refractivity contribution in [2.45, 2.75) is 19.1 Å². The van der Waals surface area contributed by atoms with Crippen molar-refractivity contribution in [3.05, 3.63) is 53.3 Å². The lowest BCUT2D eigenvalue weighted by atomic mass is 10.2. The topological polar surface area (TPSA) is 77.2 Å². The van der Waals surface area contributed by atoms with Gasteiger partial charge in [-0.3, -0.25) is 9.78 Å². The van der Waals surface area contributed by atoms with Gasteiger partial charge in [0.1, 0.15) is 12.4 Å². The van der Waals surface area contributed by atoms with Crippen LogP contribution in [0.4, 0.5) is 5.69 Å². The number of amides is 1. The van der Waals surface area contributed by atoms with E-state index in [1.54, 1.807) is 36.2 Å². The Bertz CT molecular complexity index is 674. The molecular weight excluding hydrogens is 381 g/mol. The van der Waals surface area contributed by atoms with E-state index >= 15 is 0 Å². The van der Waals surface area contributed by atoms with E-state index in [9.17, 15) is 4.79 Å². The van der Waals surface area contributed by atoms with Crippen LogP contribution in [0.5, 0.6) is 5.75 Å². The number of carbonyl (C=O) groups excluding carboxylic acids is 1. The fraction of sp³-hybridized carbons (Fsp3) is 0.294. The van der Waals surface area contributed by atoms with E-state index in [2.05, 4.69) is 10.3 Å². The predicted octanol–water partition coefficient (Wildman–Crippen LogP) is 3.75. The van der Waals surface area contributed by atoms with Crippen molar-refractivity contribution in [1.29, 1.82) is 0 Å². The number of aromatic nitrogens is 1. The summed E-state index contributed by atoms with van der Waals surface area (Å²) in [6.45, 7) is 0.325. The van der Waals surface area contributed by atoms with Crippen molar-refractivity contribution < 1.29 is 9.53 Å². The molecule has 0 aliphatic carbocycles. The lowest BCUT2D eigenvalue weighted by Crippen LogP contribution is -2.36. The molecule has 3 N–H and O–H groups in total. The maximum Gasteiger partial charge on any atom is 0.241 e. The van der Waals surface area contributed by atoms with Crippen LogP contribution in [0.1, 0.15) is 12.1 Å². The quantitative estimate of drug-likeness (QED) is 0.703. The molecule has 0 radical (unpaired) electrons. The second kappa shape index (κ2) is 11.2. The summed E-state index contributed by atoms with van der Waals surface area (Å²) in [5.74, 6) is 1.16. The van der Waals surface area contributed by atoms with Gasteiger partial charge in [-0.25, -0.2) is 0 Å². The maximum atomic E-state index is 12.0. The summed E-state index contributed by atoms with van der Waals surface area (Å²) in [5, 5.41) is 3.18. The van der Waals surface area contributed by atoms with Gasteiger partial charge in [-0.15, -0.1) is 12.4 Å². The third kappa shape index (κ3) is 7.12. The van der Waals surface area contributed by atoms with Gasteiger partial charge in [0, 0.05) is 11.9 Å². The van der Waals surface area contributed by atoms with Crippen LogP contribution in [0, 0.1) is 0 Å². The first-order chi connectivity index (χ1) is 11.6. The van der Waals surface area contributed by atoms with Crippen LogP contribution in [0.15, 0.2) is 42.6 Å². The molecule has 5 nitrogen and oxygen atoms in total. The molecule has 1 aromatic carbocycles. The van der Waals surface area contributed by atoms with Gasteiger partial charge >= 0.3 is 0 Å². The highest BCUT2D eigenvalue weighted by Crippen LogP contribution is 2.28. The molecule has 0 aliphatic heterocycles. The third-order valence-electron chi connectivity index (χ3n) is 3.27. The summed E-state index contributed by atoms with van der Waals surface area (Å²) in [6.07, 6.45) is 4.32. The average molecular weight is 402 g/mol. The number of nitrogens with two attached hydrogens (primary N) is 1. The van der Waals surface area contributed by atoms with Crippen molar-refractivity contribution >= 4 is 47.4 Å². The molecule has 2 rings (SSSR count). The monoisotopic (exact) mass is 401 g/mol. The second-order valence-corrected chi connectivity index (χ2v) is 6.52. The van der Waals surface area contributed by atoms with Crippen LogP contribution in [-0.4, -0.2) is 28.9 Å². The zero-order valence-electron chi connectivity index (χ0n) is 13.8. The Balaban J connectivity index is 0.00000312. The Morgan fingerprint density at radius 1 is 1.40 bits per heavy atom. The standard InChI is InChI=1S/C17H20ClN3O2S.ClH/c1-24-9-7-15(19)17(22)21-12-5-6-16(14(18)10-12)23-11-13-4-2-3-8-20-13;/h2-6,8,10,15H,7,9,11,19H2,1H3,(H,21,22);1H/t15-;/m0./s1. The van der Waals surface area contributed by atoms with Crippen molar-refractivity contribution in [2.24, 2.45) is 5.73 Å². The highest BCUT2D eigenvalue weighted by Gasteiger charge is 2.14. The third-order valence-corrected chi connectivity index (χ3v) is 4.21. The summed E-state index contributed by atoms with van der Waals surface area (Å²) in [4.78, 5) is 16.2. The van der Waals surface area contributed by atoms with E-state index in [0.29, 0.717) is 29.5 Å². The number of benzene rings is 1. The molecule has 1 amide bonds. The first kappa shape index (κ1) is 21.6. The molecule has 1 heterocycles. The highest BCUT2D eigenvalue weighted by atomic mass is 35.5. The molecule has 0 saturated heterocycles. The Labute approximate surface area is 163 Å². The van der Waals surface area contributed by atoms with E-state index in [-0.39, 0.29) is 18.3 Å². The lowest BCUT2D eigenvalue weighted by Gasteiger charge is -2.13. The number of ether oxygens (including phenoxy) is 1. The van der Waals surface area contributed by atoms with Crippen LogP contribution >= 0.6 is 35.8 Å². The van der Waals surface area contributed by atoms with Gasteiger partial charge in [0.2, 0.25) is 5.91 Å². The maximum absolute atomic E-state index is 12.0. The number of anilines is 1. The minimum Gasteiger partial charge on any atom is -0.486 e. The minimum absolute atomic E-state index is 0. The normalized spacial score (nSPS) is 11.3. The number of rotatable bonds is 8. The van der Waals surface area contributed by atoms with Crippen molar-refractivity contribution in [2.75, 3.05) is 17.3 Å². The fourth-order valence-corrected chi connectivity index (χ4v) is 2.67. The number of nitrogens with one attached hydrogen (secondary N) is 1. The predicted molar refractivity (Wildman–Crippen MR) is 107 cm³/mol. The molecule has 0 unspecified atom stereocenters. The summed E-state index contributed by atoms with van der Waals surface area (Å²) in [7, 11) is 0. The Morgan fingerprint density at radius 2 is 2.20 bits per heavy atom.